The molecule has 0 saturated heterocycles. The minimum absolute atomic E-state index is 0.228. The van der Waals surface area contributed by atoms with Crippen LogP contribution in [0.15, 0.2) is 34.5 Å². The Bertz CT molecular complexity index is 1070. The highest BCUT2D eigenvalue weighted by atomic mass is 32.2. The van der Waals surface area contributed by atoms with E-state index in [1.165, 1.54) is 18.4 Å². The van der Waals surface area contributed by atoms with E-state index in [0.717, 1.165) is 22.0 Å². The van der Waals surface area contributed by atoms with Crippen molar-refractivity contribution < 1.29 is 13.2 Å². The predicted octanol–water partition coefficient (Wildman–Crippen LogP) is 3.88. The number of hydrogen-bond acceptors (Lipinski definition) is 5. The number of benzene rings is 1. The molecular weight excluding hydrogens is 370 g/mol. The van der Waals surface area contributed by atoms with Crippen molar-refractivity contribution in [1.82, 2.24) is 9.55 Å². The van der Waals surface area contributed by atoms with Gasteiger partial charge in [0.25, 0.3) is 10.0 Å². The molecule has 2 aromatic heterocycles. The van der Waals surface area contributed by atoms with Gasteiger partial charge in [-0.3, -0.25) is 4.72 Å². The van der Waals surface area contributed by atoms with Crippen LogP contribution in [0.25, 0.3) is 10.7 Å². The van der Waals surface area contributed by atoms with E-state index in [-0.39, 0.29) is 4.90 Å². The van der Waals surface area contributed by atoms with E-state index in [2.05, 4.69) is 9.71 Å². The summed E-state index contributed by atoms with van der Waals surface area (Å²) in [7, 11) is -0.416. The first-order valence-electron chi connectivity index (χ1n) is 7.99. The lowest BCUT2D eigenvalue weighted by molar-refractivity contribution is 0.417. The summed E-state index contributed by atoms with van der Waals surface area (Å²) in [5.74, 6) is 0.475. The summed E-state index contributed by atoms with van der Waals surface area (Å²) in [5.41, 5.74) is 3.69. The van der Waals surface area contributed by atoms with Crippen molar-refractivity contribution in [3.8, 4) is 16.5 Å². The van der Waals surface area contributed by atoms with Gasteiger partial charge >= 0.3 is 0 Å². The molecule has 6 nitrogen and oxygen atoms in total. The fourth-order valence-electron chi connectivity index (χ4n) is 2.72. The monoisotopic (exact) mass is 391 g/mol. The zero-order chi connectivity index (χ0) is 19.1. The van der Waals surface area contributed by atoms with E-state index in [1.54, 1.807) is 25.1 Å². The lowest BCUT2D eigenvalue weighted by atomic mass is 10.2. The Hall–Kier alpha value is -2.32. The summed E-state index contributed by atoms with van der Waals surface area (Å²) in [6.07, 6.45) is 0. The van der Waals surface area contributed by atoms with Crippen LogP contribution >= 0.6 is 11.3 Å². The zero-order valence-electron chi connectivity index (χ0n) is 15.3. The van der Waals surface area contributed by atoms with Crippen LogP contribution in [-0.2, 0) is 17.1 Å². The lowest BCUT2D eigenvalue weighted by Gasteiger charge is -2.12. The van der Waals surface area contributed by atoms with E-state index in [1.807, 2.05) is 36.9 Å². The quantitative estimate of drug-likeness (QED) is 0.716. The first-order chi connectivity index (χ1) is 12.2. The fourth-order valence-corrected chi connectivity index (χ4v) is 4.92. The van der Waals surface area contributed by atoms with E-state index in [9.17, 15) is 8.42 Å². The number of nitrogens with one attached hydrogen (secondary N) is 1. The molecule has 2 heterocycles. The predicted molar refractivity (Wildman–Crippen MR) is 105 cm³/mol. The maximum absolute atomic E-state index is 13.0. The molecule has 0 unspecified atom stereocenters. The molecule has 8 heteroatoms. The van der Waals surface area contributed by atoms with Crippen LogP contribution in [0.4, 0.5) is 5.69 Å². The number of sulfonamides is 1. The molecule has 0 fully saturated rings. The van der Waals surface area contributed by atoms with Crippen LogP contribution in [0.5, 0.6) is 5.75 Å². The number of aromatic nitrogens is 2. The van der Waals surface area contributed by atoms with Gasteiger partial charge in [0.15, 0.2) is 0 Å². The molecule has 0 spiro atoms. The van der Waals surface area contributed by atoms with Crippen molar-refractivity contribution >= 4 is 27.0 Å². The number of thiazole rings is 1. The third-order valence-electron chi connectivity index (χ3n) is 4.22. The SMILES string of the molecule is COc1ccc(C)cc1NS(=O)(=O)c1cc(-c2nc(C)cs2)n(C)c1C. The number of hydrogen-bond donors (Lipinski definition) is 1. The highest BCUT2D eigenvalue weighted by Gasteiger charge is 2.24. The Kier molecular flexibility index (Phi) is 4.81. The summed E-state index contributed by atoms with van der Waals surface area (Å²) in [6, 6.07) is 7.03. The van der Waals surface area contributed by atoms with E-state index >= 15 is 0 Å². The molecule has 1 aromatic carbocycles. The molecule has 0 bridgehead atoms. The fraction of sp³-hybridized carbons (Fsp3) is 0.278. The lowest BCUT2D eigenvalue weighted by Crippen LogP contribution is -2.14. The van der Waals surface area contributed by atoms with Crippen molar-refractivity contribution in [2.24, 2.45) is 7.05 Å². The molecule has 0 atom stereocenters. The van der Waals surface area contributed by atoms with Gasteiger partial charge in [0, 0.05) is 23.8 Å². The normalized spacial score (nSPS) is 11.6. The van der Waals surface area contributed by atoms with Gasteiger partial charge in [0.05, 0.1) is 18.5 Å². The molecule has 0 radical (unpaired) electrons. The highest BCUT2D eigenvalue weighted by molar-refractivity contribution is 7.92. The standard InChI is InChI=1S/C18H21N3O3S2/c1-11-6-7-16(24-5)14(8-11)20-26(22,23)17-9-15(21(4)13(17)3)18-19-12(2)10-25-18/h6-10,20H,1-5H3. The van der Waals surface area contributed by atoms with Crippen molar-refractivity contribution in [2.75, 3.05) is 11.8 Å². The first kappa shape index (κ1) is 18.5. The zero-order valence-corrected chi connectivity index (χ0v) is 17.0. The van der Waals surface area contributed by atoms with Crippen LogP contribution < -0.4 is 9.46 Å². The minimum atomic E-state index is -3.77. The molecule has 0 aliphatic rings. The van der Waals surface area contributed by atoms with Crippen LogP contribution in [0.2, 0.25) is 0 Å². The van der Waals surface area contributed by atoms with Crippen molar-refractivity contribution in [3.63, 3.8) is 0 Å². The molecule has 1 N–H and O–H groups in total. The molecule has 138 valence electrons. The van der Waals surface area contributed by atoms with Gasteiger partial charge < -0.3 is 9.30 Å². The second-order valence-corrected chi connectivity index (χ2v) is 8.65. The topological polar surface area (TPSA) is 73.2 Å². The molecule has 0 aliphatic carbocycles. The highest BCUT2D eigenvalue weighted by Crippen LogP contribution is 2.32. The van der Waals surface area contributed by atoms with Crippen molar-refractivity contribution in [1.29, 1.82) is 0 Å². The molecule has 0 aliphatic heterocycles. The number of rotatable bonds is 5. The minimum Gasteiger partial charge on any atom is -0.495 e. The number of anilines is 1. The Labute approximate surface area is 157 Å². The third-order valence-corrected chi connectivity index (χ3v) is 6.68. The van der Waals surface area contributed by atoms with Crippen LogP contribution in [0.1, 0.15) is 17.0 Å². The summed E-state index contributed by atoms with van der Waals surface area (Å²) in [4.78, 5) is 4.69. The van der Waals surface area contributed by atoms with Crippen LogP contribution in [-0.4, -0.2) is 25.1 Å². The summed E-state index contributed by atoms with van der Waals surface area (Å²) in [6.45, 7) is 5.60. The Morgan fingerprint density at radius 1 is 1.19 bits per heavy atom. The third kappa shape index (κ3) is 3.34. The average Bonchev–Trinajstić information content (AvgIpc) is 3.12. The largest absolute Gasteiger partial charge is 0.495 e. The Morgan fingerprint density at radius 3 is 2.54 bits per heavy atom. The summed E-state index contributed by atoms with van der Waals surface area (Å²) < 4.78 is 35.8. The average molecular weight is 392 g/mol. The van der Waals surface area contributed by atoms with Gasteiger partial charge in [-0.2, -0.15) is 0 Å². The van der Waals surface area contributed by atoms with Crippen LogP contribution in [0, 0.1) is 20.8 Å². The van der Waals surface area contributed by atoms with Crippen LogP contribution in [0.3, 0.4) is 0 Å². The molecule has 26 heavy (non-hydrogen) atoms. The smallest absolute Gasteiger partial charge is 0.263 e. The van der Waals surface area contributed by atoms with Gasteiger partial charge in [0.1, 0.15) is 15.7 Å². The van der Waals surface area contributed by atoms with Gasteiger partial charge in [-0.15, -0.1) is 11.3 Å². The Balaban J connectivity index is 2.04. The van der Waals surface area contributed by atoms with Gasteiger partial charge in [-0.25, -0.2) is 13.4 Å². The molecule has 0 amide bonds. The molecule has 3 rings (SSSR count). The maximum Gasteiger partial charge on any atom is 0.263 e. The van der Waals surface area contributed by atoms with E-state index in [0.29, 0.717) is 17.1 Å². The van der Waals surface area contributed by atoms with Gasteiger partial charge in [-0.1, -0.05) is 6.07 Å². The molecule has 0 saturated carbocycles. The second-order valence-electron chi connectivity index (χ2n) is 6.14. The molecular formula is C18H21N3O3S2. The summed E-state index contributed by atoms with van der Waals surface area (Å²) in [5, 5.41) is 2.74. The van der Waals surface area contributed by atoms with Crippen molar-refractivity contribution in [3.05, 3.63) is 46.6 Å². The number of ether oxygens (including phenoxy) is 1. The van der Waals surface area contributed by atoms with Gasteiger partial charge in [-0.05, 0) is 44.5 Å². The Morgan fingerprint density at radius 2 is 1.92 bits per heavy atom. The molecule has 3 aromatic rings. The number of aryl methyl sites for hydroxylation is 2. The van der Waals surface area contributed by atoms with Gasteiger partial charge in [0.2, 0.25) is 0 Å². The van der Waals surface area contributed by atoms with Crippen molar-refractivity contribution in [2.45, 2.75) is 25.7 Å². The number of nitrogens with zero attached hydrogens (tertiary/aromatic N) is 2. The number of methoxy groups -OCH3 is 1. The van der Waals surface area contributed by atoms with E-state index < -0.39 is 10.0 Å². The maximum atomic E-state index is 13.0. The summed E-state index contributed by atoms with van der Waals surface area (Å²) >= 11 is 1.49. The first-order valence-corrected chi connectivity index (χ1v) is 10.4. The van der Waals surface area contributed by atoms with E-state index in [4.69, 9.17) is 4.74 Å². The second kappa shape index (κ2) is 6.77.